The van der Waals surface area contributed by atoms with Crippen LogP contribution in [0.4, 0.5) is 0 Å². The number of nitrogens with zero attached hydrogens (tertiary/aromatic N) is 2. The van der Waals surface area contributed by atoms with Crippen molar-refractivity contribution in [3.8, 4) is 0 Å². The minimum Gasteiger partial charge on any atom is -0.368 e. The molecule has 0 saturated heterocycles. The summed E-state index contributed by atoms with van der Waals surface area (Å²) in [6, 6.07) is 0. The standard InChI is InChI=1S/C11H20N4OS/c1-11(13,9(12)16)5-3-4-8-17-10-14-6-7-15(10)2/h6-7H,3-5,8,13H2,1-2H3,(H2,12,16). The van der Waals surface area contributed by atoms with Gasteiger partial charge in [0.25, 0.3) is 0 Å². The predicted molar refractivity (Wildman–Crippen MR) is 69.6 cm³/mol. The first kappa shape index (κ1) is 14.1. The van der Waals surface area contributed by atoms with Crippen LogP contribution < -0.4 is 11.5 Å². The fourth-order valence-electron chi connectivity index (χ4n) is 1.37. The minimum atomic E-state index is -0.881. The van der Waals surface area contributed by atoms with Gasteiger partial charge in [0.15, 0.2) is 5.16 Å². The van der Waals surface area contributed by atoms with E-state index in [0.717, 1.165) is 23.8 Å². The molecule has 1 amide bonds. The van der Waals surface area contributed by atoms with Gasteiger partial charge in [-0.05, 0) is 19.8 Å². The molecule has 17 heavy (non-hydrogen) atoms. The molecule has 1 atom stereocenters. The molecule has 1 unspecified atom stereocenters. The molecule has 1 aromatic rings. The van der Waals surface area contributed by atoms with Gasteiger partial charge < -0.3 is 16.0 Å². The van der Waals surface area contributed by atoms with Gasteiger partial charge in [0, 0.05) is 25.2 Å². The van der Waals surface area contributed by atoms with Gasteiger partial charge >= 0.3 is 0 Å². The van der Waals surface area contributed by atoms with Crippen LogP contribution in [0.15, 0.2) is 17.6 Å². The second-order valence-electron chi connectivity index (χ2n) is 4.41. The maximum atomic E-state index is 11.0. The molecule has 1 rings (SSSR count). The Morgan fingerprint density at radius 3 is 2.82 bits per heavy atom. The number of carbonyl (C=O) groups excluding carboxylic acids is 1. The van der Waals surface area contributed by atoms with E-state index < -0.39 is 11.4 Å². The summed E-state index contributed by atoms with van der Waals surface area (Å²) in [4.78, 5) is 15.2. The molecule has 6 heteroatoms. The summed E-state index contributed by atoms with van der Waals surface area (Å²) in [5.41, 5.74) is 10.1. The molecular formula is C11H20N4OS. The summed E-state index contributed by atoms with van der Waals surface area (Å²) in [5, 5.41) is 1.01. The molecule has 96 valence electrons. The highest BCUT2D eigenvalue weighted by Crippen LogP contribution is 2.18. The topological polar surface area (TPSA) is 86.9 Å². The van der Waals surface area contributed by atoms with Crippen LogP contribution >= 0.6 is 11.8 Å². The second kappa shape index (κ2) is 6.07. The molecule has 1 aromatic heterocycles. The van der Waals surface area contributed by atoms with Crippen LogP contribution in [0.3, 0.4) is 0 Å². The molecule has 5 nitrogen and oxygen atoms in total. The van der Waals surface area contributed by atoms with E-state index in [4.69, 9.17) is 11.5 Å². The first-order chi connectivity index (χ1) is 7.93. The molecule has 0 aromatic carbocycles. The quantitative estimate of drug-likeness (QED) is 0.560. The summed E-state index contributed by atoms with van der Waals surface area (Å²) in [6.45, 7) is 1.68. The predicted octanol–water partition coefficient (Wildman–Crippen LogP) is 0.885. The number of primary amides is 1. The van der Waals surface area contributed by atoms with Gasteiger partial charge in [-0.1, -0.05) is 18.2 Å². The lowest BCUT2D eigenvalue weighted by molar-refractivity contribution is -0.122. The third-order valence-corrected chi connectivity index (χ3v) is 3.81. The Balaban J connectivity index is 2.17. The molecule has 0 spiro atoms. The number of imidazole rings is 1. The zero-order valence-corrected chi connectivity index (χ0v) is 11.2. The highest BCUT2D eigenvalue weighted by molar-refractivity contribution is 7.99. The number of amides is 1. The number of hydrogen-bond donors (Lipinski definition) is 2. The highest BCUT2D eigenvalue weighted by Gasteiger charge is 2.24. The third kappa shape index (κ3) is 4.40. The number of thioether (sulfide) groups is 1. The molecule has 0 saturated carbocycles. The fourth-order valence-corrected chi connectivity index (χ4v) is 2.30. The molecular weight excluding hydrogens is 236 g/mol. The number of aromatic nitrogens is 2. The van der Waals surface area contributed by atoms with Gasteiger partial charge in [-0.15, -0.1) is 0 Å². The summed E-state index contributed by atoms with van der Waals surface area (Å²) in [7, 11) is 1.97. The number of aryl methyl sites for hydroxylation is 1. The van der Waals surface area contributed by atoms with Gasteiger partial charge in [0.05, 0.1) is 5.54 Å². The second-order valence-corrected chi connectivity index (χ2v) is 5.47. The van der Waals surface area contributed by atoms with Crippen molar-refractivity contribution in [2.45, 2.75) is 36.9 Å². The molecule has 0 aliphatic heterocycles. The van der Waals surface area contributed by atoms with Crippen LogP contribution in [0.1, 0.15) is 26.2 Å². The van der Waals surface area contributed by atoms with Crippen molar-refractivity contribution in [3.63, 3.8) is 0 Å². The first-order valence-corrected chi connectivity index (χ1v) is 6.61. The first-order valence-electron chi connectivity index (χ1n) is 5.62. The Labute approximate surface area is 106 Å². The van der Waals surface area contributed by atoms with Gasteiger partial charge in [0.1, 0.15) is 0 Å². The van der Waals surface area contributed by atoms with Crippen molar-refractivity contribution in [1.82, 2.24) is 9.55 Å². The fraction of sp³-hybridized carbons (Fsp3) is 0.636. The van der Waals surface area contributed by atoms with Crippen LogP contribution in [0.25, 0.3) is 0 Å². The summed E-state index contributed by atoms with van der Waals surface area (Å²) >= 11 is 1.71. The lowest BCUT2D eigenvalue weighted by Gasteiger charge is -2.19. The number of unbranched alkanes of at least 4 members (excludes halogenated alkanes) is 1. The lowest BCUT2D eigenvalue weighted by Crippen LogP contribution is -2.49. The van der Waals surface area contributed by atoms with Crippen LogP contribution in [0, 0.1) is 0 Å². The summed E-state index contributed by atoms with van der Waals surface area (Å²) in [5.74, 6) is 0.536. The van der Waals surface area contributed by atoms with E-state index in [1.165, 1.54) is 0 Å². The lowest BCUT2D eigenvalue weighted by atomic mass is 9.96. The van der Waals surface area contributed by atoms with Crippen molar-refractivity contribution in [2.24, 2.45) is 18.5 Å². The average molecular weight is 256 g/mol. The van der Waals surface area contributed by atoms with Crippen LogP contribution in [0.2, 0.25) is 0 Å². The maximum Gasteiger partial charge on any atom is 0.237 e. The molecule has 0 fully saturated rings. The van der Waals surface area contributed by atoms with E-state index in [-0.39, 0.29) is 0 Å². The van der Waals surface area contributed by atoms with E-state index in [1.807, 2.05) is 17.8 Å². The van der Waals surface area contributed by atoms with Gasteiger partial charge in [-0.3, -0.25) is 4.79 Å². The SMILES string of the molecule is Cn1ccnc1SCCCCC(C)(N)C(N)=O. The number of nitrogens with two attached hydrogens (primary N) is 2. The van der Waals surface area contributed by atoms with E-state index in [0.29, 0.717) is 6.42 Å². The van der Waals surface area contributed by atoms with Crippen molar-refractivity contribution in [2.75, 3.05) is 5.75 Å². The normalized spacial score (nSPS) is 14.5. The Morgan fingerprint density at radius 1 is 1.59 bits per heavy atom. The molecule has 0 aliphatic rings. The molecule has 0 radical (unpaired) electrons. The molecule has 0 aliphatic carbocycles. The Kier molecular flexibility index (Phi) is 5.02. The molecule has 4 N–H and O–H groups in total. The third-order valence-electron chi connectivity index (χ3n) is 2.66. The largest absolute Gasteiger partial charge is 0.368 e. The van der Waals surface area contributed by atoms with Crippen molar-refractivity contribution < 1.29 is 4.79 Å². The Morgan fingerprint density at radius 2 is 2.29 bits per heavy atom. The van der Waals surface area contributed by atoms with E-state index in [2.05, 4.69) is 4.98 Å². The molecule has 1 heterocycles. The Bertz CT molecular complexity index is 375. The zero-order chi connectivity index (χ0) is 12.9. The van der Waals surface area contributed by atoms with E-state index >= 15 is 0 Å². The number of hydrogen-bond acceptors (Lipinski definition) is 4. The maximum absolute atomic E-state index is 11.0. The smallest absolute Gasteiger partial charge is 0.237 e. The number of rotatable bonds is 7. The highest BCUT2D eigenvalue weighted by atomic mass is 32.2. The summed E-state index contributed by atoms with van der Waals surface area (Å²) < 4.78 is 1.99. The van der Waals surface area contributed by atoms with Gasteiger partial charge in [-0.2, -0.15) is 0 Å². The van der Waals surface area contributed by atoms with Crippen LogP contribution in [0.5, 0.6) is 0 Å². The number of carbonyl (C=O) groups is 1. The molecule has 0 bridgehead atoms. The Hall–Kier alpha value is -1.01. The van der Waals surface area contributed by atoms with E-state index in [9.17, 15) is 4.79 Å². The van der Waals surface area contributed by atoms with Gasteiger partial charge in [0.2, 0.25) is 5.91 Å². The van der Waals surface area contributed by atoms with E-state index in [1.54, 1.807) is 24.9 Å². The summed E-state index contributed by atoms with van der Waals surface area (Å²) in [6.07, 6.45) is 6.23. The average Bonchev–Trinajstić information content (AvgIpc) is 2.63. The monoisotopic (exact) mass is 256 g/mol. The zero-order valence-electron chi connectivity index (χ0n) is 10.3. The van der Waals surface area contributed by atoms with Crippen LogP contribution in [-0.2, 0) is 11.8 Å². The van der Waals surface area contributed by atoms with Gasteiger partial charge in [-0.25, -0.2) is 4.98 Å². The van der Waals surface area contributed by atoms with Crippen molar-refractivity contribution >= 4 is 17.7 Å². The van der Waals surface area contributed by atoms with Crippen LogP contribution in [-0.4, -0.2) is 26.8 Å². The van der Waals surface area contributed by atoms with Crippen molar-refractivity contribution in [1.29, 1.82) is 0 Å². The minimum absolute atomic E-state index is 0.436. The van der Waals surface area contributed by atoms with Crippen molar-refractivity contribution in [3.05, 3.63) is 12.4 Å².